The molecule has 0 radical (unpaired) electrons. The molecule has 1 aliphatic heterocycles. The monoisotopic (exact) mass is 186 g/mol. The van der Waals surface area contributed by atoms with E-state index in [0.29, 0.717) is 5.92 Å². The molecule has 1 rings (SSSR count). The van der Waals surface area contributed by atoms with E-state index < -0.39 is 0 Å². The van der Waals surface area contributed by atoms with E-state index in [9.17, 15) is 4.79 Å². The van der Waals surface area contributed by atoms with Crippen molar-refractivity contribution in [1.29, 1.82) is 0 Å². The van der Waals surface area contributed by atoms with Gasteiger partial charge in [0.1, 0.15) is 6.04 Å². The van der Waals surface area contributed by atoms with Crippen LogP contribution in [0.15, 0.2) is 0 Å². The summed E-state index contributed by atoms with van der Waals surface area (Å²) >= 11 is 0. The molecule has 1 fully saturated rings. The minimum atomic E-state index is -0.196. The highest BCUT2D eigenvalue weighted by molar-refractivity contribution is 5.76. The van der Waals surface area contributed by atoms with Crippen LogP contribution in [0.3, 0.4) is 0 Å². The fourth-order valence-electron chi connectivity index (χ4n) is 1.69. The van der Waals surface area contributed by atoms with Crippen LogP contribution in [0.25, 0.3) is 0 Å². The van der Waals surface area contributed by atoms with Crippen molar-refractivity contribution in [3.8, 4) is 0 Å². The second-order valence-electron chi connectivity index (χ2n) is 3.68. The minimum absolute atomic E-state index is 0.175. The van der Waals surface area contributed by atoms with Gasteiger partial charge in [0, 0.05) is 19.1 Å². The molecule has 1 heterocycles. The summed E-state index contributed by atoms with van der Waals surface area (Å²) in [7, 11) is 1.43. The Morgan fingerprint density at radius 1 is 1.38 bits per heavy atom. The topological polar surface area (TPSA) is 50.4 Å². The predicted octanol–water partition coefficient (Wildman–Crippen LogP) is -0.255. The Labute approximate surface area is 79.0 Å². The number of methoxy groups -OCH3 is 1. The maximum Gasteiger partial charge on any atom is 0.324 e. The van der Waals surface area contributed by atoms with Crippen LogP contribution in [0.4, 0.5) is 0 Å². The highest BCUT2D eigenvalue weighted by Gasteiger charge is 2.32. The van der Waals surface area contributed by atoms with Crippen LogP contribution in [0.5, 0.6) is 0 Å². The van der Waals surface area contributed by atoms with Gasteiger partial charge in [-0.05, 0) is 5.92 Å². The summed E-state index contributed by atoms with van der Waals surface area (Å²) in [4.78, 5) is 11.4. The lowest BCUT2D eigenvalue weighted by molar-refractivity contribution is -0.144. The number of hydrogen-bond acceptors (Lipinski definition) is 4. The Balaban J connectivity index is 2.61. The molecular weight excluding hydrogens is 168 g/mol. The number of carbonyl (C=O) groups excluding carboxylic acids is 1. The summed E-state index contributed by atoms with van der Waals surface area (Å²) < 4.78 is 4.73. The highest BCUT2D eigenvalue weighted by Crippen LogP contribution is 2.10. The number of nitrogens with one attached hydrogen (secondary N) is 2. The van der Waals surface area contributed by atoms with Crippen molar-refractivity contribution in [2.24, 2.45) is 5.92 Å². The minimum Gasteiger partial charge on any atom is -0.468 e. The molecule has 0 saturated carbocycles. The number of carbonyl (C=O) groups is 1. The van der Waals surface area contributed by atoms with Crippen LogP contribution in [0.2, 0.25) is 0 Å². The van der Waals surface area contributed by atoms with Crippen molar-refractivity contribution in [3.05, 3.63) is 0 Å². The van der Waals surface area contributed by atoms with Crippen LogP contribution >= 0.6 is 0 Å². The average Bonchev–Trinajstić information content (AvgIpc) is 2.16. The number of ether oxygens (including phenoxy) is 1. The lowest BCUT2D eigenvalue weighted by atomic mass is 9.95. The number of hydrogen-bond donors (Lipinski definition) is 2. The first-order chi connectivity index (χ1) is 6.16. The van der Waals surface area contributed by atoms with Gasteiger partial charge in [-0.3, -0.25) is 4.79 Å². The lowest BCUT2D eigenvalue weighted by Crippen LogP contribution is -2.61. The molecule has 1 aliphatic rings. The Hall–Kier alpha value is -0.610. The Kier molecular flexibility index (Phi) is 3.69. The molecule has 1 unspecified atom stereocenters. The molecule has 0 aliphatic carbocycles. The summed E-state index contributed by atoms with van der Waals surface area (Å²) in [6.07, 6.45) is 0. The van der Waals surface area contributed by atoms with Gasteiger partial charge < -0.3 is 15.4 Å². The quantitative estimate of drug-likeness (QED) is 0.584. The third kappa shape index (κ3) is 2.42. The van der Waals surface area contributed by atoms with Gasteiger partial charge in [0.15, 0.2) is 0 Å². The number of piperazine rings is 1. The zero-order valence-electron chi connectivity index (χ0n) is 8.46. The van der Waals surface area contributed by atoms with Crippen molar-refractivity contribution in [3.63, 3.8) is 0 Å². The predicted molar refractivity (Wildman–Crippen MR) is 50.4 cm³/mol. The largest absolute Gasteiger partial charge is 0.468 e. The number of esters is 1. The molecule has 76 valence electrons. The van der Waals surface area contributed by atoms with E-state index in [2.05, 4.69) is 24.5 Å². The third-order valence-corrected chi connectivity index (χ3v) is 2.40. The molecule has 13 heavy (non-hydrogen) atoms. The van der Waals surface area contributed by atoms with E-state index >= 15 is 0 Å². The molecule has 2 N–H and O–H groups in total. The average molecular weight is 186 g/mol. The molecule has 0 aromatic rings. The Morgan fingerprint density at radius 3 is 2.54 bits per heavy atom. The Bertz CT molecular complexity index is 182. The van der Waals surface area contributed by atoms with Crippen LogP contribution in [0, 0.1) is 5.92 Å². The normalized spacial score (nSPS) is 28.9. The fourth-order valence-corrected chi connectivity index (χ4v) is 1.69. The molecule has 0 aromatic heterocycles. The van der Waals surface area contributed by atoms with Gasteiger partial charge >= 0.3 is 5.97 Å². The molecule has 0 aromatic carbocycles. The molecule has 4 heteroatoms. The first-order valence-electron chi connectivity index (χ1n) is 4.71. The zero-order valence-corrected chi connectivity index (χ0v) is 8.46. The van der Waals surface area contributed by atoms with Crippen molar-refractivity contribution in [2.75, 3.05) is 20.2 Å². The second-order valence-corrected chi connectivity index (χ2v) is 3.68. The van der Waals surface area contributed by atoms with Crippen molar-refractivity contribution < 1.29 is 9.53 Å². The van der Waals surface area contributed by atoms with Gasteiger partial charge in [-0.15, -0.1) is 0 Å². The molecule has 0 spiro atoms. The third-order valence-electron chi connectivity index (χ3n) is 2.40. The lowest BCUT2D eigenvalue weighted by Gasteiger charge is -2.34. The van der Waals surface area contributed by atoms with Crippen LogP contribution in [-0.4, -0.2) is 38.3 Å². The molecular formula is C9H18N2O2. The smallest absolute Gasteiger partial charge is 0.324 e. The van der Waals surface area contributed by atoms with Gasteiger partial charge in [0.05, 0.1) is 7.11 Å². The van der Waals surface area contributed by atoms with Crippen LogP contribution < -0.4 is 10.6 Å². The SMILES string of the molecule is COC(=O)C1NCCN[C@@H]1C(C)C. The molecule has 0 bridgehead atoms. The molecule has 0 amide bonds. The molecule has 2 atom stereocenters. The van der Waals surface area contributed by atoms with E-state index in [-0.39, 0.29) is 18.1 Å². The maximum atomic E-state index is 11.4. The summed E-state index contributed by atoms with van der Waals surface area (Å²) in [5.74, 6) is 0.253. The Morgan fingerprint density at radius 2 is 2.00 bits per heavy atom. The van der Waals surface area contributed by atoms with E-state index in [4.69, 9.17) is 4.74 Å². The van der Waals surface area contributed by atoms with E-state index in [0.717, 1.165) is 13.1 Å². The molecule has 1 saturated heterocycles. The van der Waals surface area contributed by atoms with E-state index in [1.54, 1.807) is 0 Å². The standard InChI is InChI=1S/C9H18N2O2/c1-6(2)7-8(9(12)13-3)11-5-4-10-7/h6-8,10-11H,4-5H2,1-3H3/t7-,8?/m1/s1. The van der Waals surface area contributed by atoms with Crippen molar-refractivity contribution in [1.82, 2.24) is 10.6 Å². The number of rotatable bonds is 2. The van der Waals surface area contributed by atoms with Gasteiger partial charge in [-0.25, -0.2) is 0 Å². The summed E-state index contributed by atoms with van der Waals surface area (Å²) in [6.45, 7) is 5.93. The van der Waals surface area contributed by atoms with E-state index in [1.165, 1.54) is 7.11 Å². The maximum absolute atomic E-state index is 11.4. The zero-order chi connectivity index (χ0) is 9.84. The molecule has 4 nitrogen and oxygen atoms in total. The van der Waals surface area contributed by atoms with Gasteiger partial charge in [0.25, 0.3) is 0 Å². The van der Waals surface area contributed by atoms with Gasteiger partial charge in [-0.1, -0.05) is 13.8 Å². The summed E-state index contributed by atoms with van der Waals surface area (Å²) in [5, 5.41) is 6.48. The second kappa shape index (κ2) is 4.58. The van der Waals surface area contributed by atoms with Crippen molar-refractivity contribution >= 4 is 5.97 Å². The highest BCUT2D eigenvalue weighted by atomic mass is 16.5. The fraction of sp³-hybridized carbons (Fsp3) is 0.889. The van der Waals surface area contributed by atoms with Crippen LogP contribution in [0.1, 0.15) is 13.8 Å². The first kappa shape index (κ1) is 10.5. The van der Waals surface area contributed by atoms with E-state index in [1.807, 2.05) is 0 Å². The summed E-state index contributed by atoms with van der Waals surface area (Å²) in [6, 6.07) is -0.0139. The van der Waals surface area contributed by atoms with Crippen LogP contribution in [-0.2, 0) is 9.53 Å². The van der Waals surface area contributed by atoms with Crippen molar-refractivity contribution in [2.45, 2.75) is 25.9 Å². The first-order valence-corrected chi connectivity index (χ1v) is 4.71. The van der Waals surface area contributed by atoms with Gasteiger partial charge in [-0.2, -0.15) is 0 Å². The summed E-state index contributed by atoms with van der Waals surface area (Å²) in [5.41, 5.74) is 0. The van der Waals surface area contributed by atoms with Gasteiger partial charge in [0.2, 0.25) is 0 Å².